The fourth-order valence-electron chi connectivity index (χ4n) is 2.23. The van der Waals surface area contributed by atoms with E-state index in [0.717, 1.165) is 12.1 Å². The molecule has 2 aromatic rings. The topological polar surface area (TPSA) is 119 Å². The first-order chi connectivity index (χ1) is 11.5. The number of carboxylic acid groups (broad SMARTS) is 1. The summed E-state index contributed by atoms with van der Waals surface area (Å²) in [5.74, 6) is -0.564. The summed E-state index contributed by atoms with van der Waals surface area (Å²) in [5, 5.41) is 18.6. The number of benzene rings is 1. The molecule has 0 radical (unpaired) electrons. The molecule has 0 unspecified atom stereocenters. The molecule has 0 aliphatic carbocycles. The molecule has 0 atom stereocenters. The van der Waals surface area contributed by atoms with Crippen LogP contribution in [0.15, 0.2) is 29.3 Å². The summed E-state index contributed by atoms with van der Waals surface area (Å²) in [6.45, 7) is 3.70. The van der Waals surface area contributed by atoms with Crippen molar-refractivity contribution in [2.24, 2.45) is 4.99 Å². The van der Waals surface area contributed by atoms with Crippen LogP contribution in [0.1, 0.15) is 27.8 Å². The summed E-state index contributed by atoms with van der Waals surface area (Å²) >= 11 is 0. The van der Waals surface area contributed by atoms with Gasteiger partial charge in [-0.1, -0.05) is 0 Å². The molecule has 0 aliphatic heterocycles. The van der Waals surface area contributed by atoms with Crippen LogP contribution in [0.3, 0.4) is 0 Å². The van der Waals surface area contributed by atoms with E-state index >= 15 is 0 Å². The summed E-state index contributed by atoms with van der Waals surface area (Å²) in [6, 6.07) is 6.33. The fourth-order valence-corrected chi connectivity index (χ4v) is 2.23. The van der Waals surface area contributed by atoms with E-state index in [2.05, 4.69) is 25.9 Å². The van der Waals surface area contributed by atoms with Crippen LogP contribution in [0.2, 0.25) is 0 Å². The summed E-state index contributed by atoms with van der Waals surface area (Å²) in [7, 11) is 1.68. The van der Waals surface area contributed by atoms with Gasteiger partial charge in [0.2, 0.25) is 0 Å². The van der Waals surface area contributed by atoms with Crippen molar-refractivity contribution in [2.75, 3.05) is 26.7 Å². The molecular formula is C16H21N5O3. The molecule has 0 bridgehead atoms. The van der Waals surface area contributed by atoms with Crippen LogP contribution in [0.25, 0.3) is 10.9 Å². The minimum absolute atomic E-state index is 0.187. The second-order valence-electron chi connectivity index (χ2n) is 5.08. The molecule has 24 heavy (non-hydrogen) atoms. The third-order valence-electron chi connectivity index (χ3n) is 3.38. The molecule has 0 aliphatic rings. The zero-order chi connectivity index (χ0) is 17.5. The van der Waals surface area contributed by atoms with Crippen molar-refractivity contribution in [1.29, 1.82) is 0 Å². The van der Waals surface area contributed by atoms with Crippen molar-refractivity contribution in [1.82, 2.24) is 20.9 Å². The zero-order valence-electron chi connectivity index (χ0n) is 13.6. The van der Waals surface area contributed by atoms with Crippen molar-refractivity contribution < 1.29 is 14.7 Å². The lowest BCUT2D eigenvalue weighted by atomic mass is 10.1. The SMILES string of the molecule is CCN/C(=N/C)NCCNC(=O)c1cc2cc(C(=O)O)ccc2[nH]1. The van der Waals surface area contributed by atoms with Crippen LogP contribution in [0.4, 0.5) is 0 Å². The first-order valence-electron chi connectivity index (χ1n) is 7.64. The van der Waals surface area contributed by atoms with E-state index in [1.807, 2.05) is 6.92 Å². The largest absolute Gasteiger partial charge is 0.478 e. The Balaban J connectivity index is 1.93. The van der Waals surface area contributed by atoms with Gasteiger partial charge in [0.05, 0.1) is 5.56 Å². The number of nitrogens with zero attached hydrogens (tertiary/aromatic N) is 1. The number of aliphatic imine (C=N–C) groups is 1. The highest BCUT2D eigenvalue weighted by molar-refractivity contribution is 6.00. The molecule has 1 aromatic carbocycles. The number of carboxylic acids is 1. The molecule has 0 saturated heterocycles. The number of amides is 1. The maximum atomic E-state index is 12.1. The van der Waals surface area contributed by atoms with Gasteiger partial charge in [-0.3, -0.25) is 9.79 Å². The summed E-state index contributed by atoms with van der Waals surface area (Å²) in [6.07, 6.45) is 0. The first kappa shape index (κ1) is 17.3. The minimum atomic E-state index is -0.996. The quantitative estimate of drug-likeness (QED) is 0.304. The number of carbonyl (C=O) groups is 2. The second kappa shape index (κ2) is 8.00. The Morgan fingerprint density at radius 3 is 2.58 bits per heavy atom. The number of fused-ring (bicyclic) bond motifs is 1. The predicted molar refractivity (Wildman–Crippen MR) is 92.6 cm³/mol. The molecule has 2 rings (SSSR count). The number of aromatic nitrogens is 1. The van der Waals surface area contributed by atoms with E-state index < -0.39 is 5.97 Å². The van der Waals surface area contributed by atoms with Gasteiger partial charge in [0.15, 0.2) is 5.96 Å². The van der Waals surface area contributed by atoms with E-state index in [9.17, 15) is 9.59 Å². The molecule has 0 fully saturated rings. The number of nitrogens with one attached hydrogen (secondary N) is 4. The van der Waals surface area contributed by atoms with Gasteiger partial charge in [0, 0.05) is 37.6 Å². The van der Waals surface area contributed by atoms with Crippen molar-refractivity contribution in [2.45, 2.75) is 6.92 Å². The number of carbonyl (C=O) groups excluding carboxylic acids is 1. The van der Waals surface area contributed by atoms with Crippen LogP contribution in [-0.2, 0) is 0 Å². The van der Waals surface area contributed by atoms with Gasteiger partial charge < -0.3 is 26.0 Å². The number of H-pyrrole nitrogens is 1. The second-order valence-corrected chi connectivity index (χ2v) is 5.08. The monoisotopic (exact) mass is 331 g/mol. The standard InChI is InChI=1S/C16H21N5O3/c1-3-18-16(17-2)20-7-6-19-14(22)13-9-11-8-10(15(23)24)4-5-12(11)21-13/h4-5,8-9,21H,3,6-7H2,1-2H3,(H,19,22)(H,23,24)(H2,17,18,20). The third kappa shape index (κ3) is 4.25. The molecule has 1 aromatic heterocycles. The van der Waals surface area contributed by atoms with Gasteiger partial charge >= 0.3 is 5.97 Å². The van der Waals surface area contributed by atoms with E-state index in [0.29, 0.717) is 30.1 Å². The van der Waals surface area contributed by atoms with Gasteiger partial charge in [-0.25, -0.2) is 4.79 Å². The maximum absolute atomic E-state index is 12.1. The van der Waals surface area contributed by atoms with Gasteiger partial charge in [0.25, 0.3) is 5.91 Å². The molecule has 0 saturated carbocycles. The summed E-state index contributed by atoms with van der Waals surface area (Å²) < 4.78 is 0. The predicted octanol–water partition coefficient (Wildman–Crippen LogP) is 0.781. The molecule has 8 heteroatoms. The molecule has 0 spiro atoms. The minimum Gasteiger partial charge on any atom is -0.478 e. The van der Waals surface area contributed by atoms with E-state index in [-0.39, 0.29) is 11.5 Å². The summed E-state index contributed by atoms with van der Waals surface area (Å²) in [4.78, 5) is 30.1. The lowest BCUT2D eigenvalue weighted by Gasteiger charge is -2.10. The van der Waals surface area contributed by atoms with Gasteiger partial charge in [-0.05, 0) is 31.2 Å². The third-order valence-corrected chi connectivity index (χ3v) is 3.38. The van der Waals surface area contributed by atoms with Crippen LogP contribution in [0.5, 0.6) is 0 Å². The lowest BCUT2D eigenvalue weighted by molar-refractivity contribution is 0.0696. The highest BCUT2D eigenvalue weighted by Crippen LogP contribution is 2.17. The lowest BCUT2D eigenvalue weighted by Crippen LogP contribution is -2.41. The van der Waals surface area contributed by atoms with Crippen molar-refractivity contribution in [3.63, 3.8) is 0 Å². The number of aromatic carboxylic acids is 1. The number of hydrogen-bond donors (Lipinski definition) is 5. The van der Waals surface area contributed by atoms with Crippen molar-refractivity contribution in [3.8, 4) is 0 Å². The Bertz CT molecular complexity index is 766. The van der Waals surface area contributed by atoms with Crippen LogP contribution in [-0.4, -0.2) is 54.6 Å². The Morgan fingerprint density at radius 2 is 1.92 bits per heavy atom. The van der Waals surface area contributed by atoms with Crippen LogP contribution in [0, 0.1) is 0 Å². The zero-order valence-corrected chi connectivity index (χ0v) is 13.6. The first-order valence-corrected chi connectivity index (χ1v) is 7.64. The number of aromatic amines is 1. The fraction of sp³-hybridized carbons (Fsp3) is 0.312. The Hall–Kier alpha value is -3.03. The van der Waals surface area contributed by atoms with Crippen molar-refractivity contribution >= 4 is 28.7 Å². The van der Waals surface area contributed by atoms with Gasteiger partial charge in [-0.2, -0.15) is 0 Å². The number of hydrogen-bond acceptors (Lipinski definition) is 3. The number of rotatable bonds is 6. The molecule has 8 nitrogen and oxygen atoms in total. The highest BCUT2D eigenvalue weighted by Gasteiger charge is 2.11. The van der Waals surface area contributed by atoms with E-state index in [1.165, 1.54) is 12.1 Å². The Kier molecular flexibility index (Phi) is 5.78. The molecule has 128 valence electrons. The van der Waals surface area contributed by atoms with Gasteiger partial charge in [0.1, 0.15) is 5.69 Å². The smallest absolute Gasteiger partial charge is 0.335 e. The van der Waals surface area contributed by atoms with Gasteiger partial charge in [-0.15, -0.1) is 0 Å². The Labute approximate surface area is 139 Å². The molecule has 1 heterocycles. The van der Waals surface area contributed by atoms with E-state index in [1.54, 1.807) is 19.2 Å². The average molecular weight is 331 g/mol. The Morgan fingerprint density at radius 1 is 1.17 bits per heavy atom. The van der Waals surface area contributed by atoms with Crippen LogP contribution < -0.4 is 16.0 Å². The summed E-state index contributed by atoms with van der Waals surface area (Å²) in [5.41, 5.74) is 1.30. The molecule has 1 amide bonds. The van der Waals surface area contributed by atoms with E-state index in [4.69, 9.17) is 5.11 Å². The van der Waals surface area contributed by atoms with Crippen LogP contribution >= 0.6 is 0 Å². The normalized spacial score (nSPS) is 11.3. The molecular weight excluding hydrogens is 310 g/mol. The van der Waals surface area contributed by atoms with Crippen molar-refractivity contribution in [3.05, 3.63) is 35.5 Å². The maximum Gasteiger partial charge on any atom is 0.335 e. The molecule has 5 N–H and O–H groups in total. The average Bonchev–Trinajstić information content (AvgIpc) is 3.00. The highest BCUT2D eigenvalue weighted by atomic mass is 16.4. The number of guanidine groups is 1.